The van der Waals surface area contributed by atoms with Crippen molar-refractivity contribution in [1.29, 1.82) is 0 Å². The van der Waals surface area contributed by atoms with Gasteiger partial charge in [-0.15, -0.1) is 11.3 Å². The lowest BCUT2D eigenvalue weighted by molar-refractivity contribution is -0.137. The van der Waals surface area contributed by atoms with Crippen molar-refractivity contribution >= 4 is 54.7 Å². The van der Waals surface area contributed by atoms with E-state index in [9.17, 15) is 9.18 Å². The van der Waals surface area contributed by atoms with Crippen molar-refractivity contribution in [2.75, 3.05) is 43.9 Å². The molecule has 1 amide bonds. The molecule has 0 bridgehead atoms. The van der Waals surface area contributed by atoms with Crippen molar-refractivity contribution < 1.29 is 31.5 Å². The maximum atomic E-state index is 17.2. The number of nitrogens with two attached hydrogens (primary N) is 1. The number of likely N-dealkylation sites (N-methyl/N-ethyl adjacent to an activating group) is 2. The van der Waals surface area contributed by atoms with Gasteiger partial charge in [-0.1, -0.05) is 12.6 Å². The number of hydrogen-bond acceptors (Lipinski definition) is 8. The van der Waals surface area contributed by atoms with Crippen molar-refractivity contribution in [3.63, 3.8) is 0 Å². The Morgan fingerprint density at radius 1 is 1.29 bits per heavy atom. The molecule has 2 aromatic heterocycles. The highest BCUT2D eigenvalue weighted by molar-refractivity contribution is 7.23. The van der Waals surface area contributed by atoms with Crippen LogP contribution in [0, 0.1) is 23.6 Å². The second-order valence-corrected chi connectivity index (χ2v) is 14.8. The van der Waals surface area contributed by atoms with Gasteiger partial charge in [0.15, 0.2) is 5.82 Å². The van der Waals surface area contributed by atoms with Crippen LogP contribution in [0.1, 0.15) is 45.1 Å². The van der Waals surface area contributed by atoms with E-state index in [-0.39, 0.29) is 86.2 Å². The Labute approximate surface area is 295 Å². The number of ether oxygens (including phenoxy) is 1. The molecule has 51 heavy (non-hydrogen) atoms. The molecule has 7 rings (SSSR count). The maximum absolute atomic E-state index is 17.2. The molecule has 2 aromatic carbocycles. The highest BCUT2D eigenvalue weighted by atomic mass is 32.1. The molecular weight excluding hydrogens is 690 g/mol. The van der Waals surface area contributed by atoms with Crippen molar-refractivity contribution in [3.8, 4) is 17.1 Å². The lowest BCUT2D eigenvalue weighted by Gasteiger charge is -2.34. The predicted octanol–water partition coefficient (Wildman–Crippen LogP) is 7.81. The van der Waals surface area contributed by atoms with E-state index in [1.165, 1.54) is 6.08 Å². The minimum absolute atomic E-state index is 0.0301. The zero-order chi connectivity index (χ0) is 36.6. The molecule has 3 fully saturated rings. The Morgan fingerprint density at radius 2 is 2.04 bits per heavy atom. The number of thiophene rings is 1. The van der Waals surface area contributed by atoms with Gasteiger partial charge in [0, 0.05) is 48.1 Å². The molecule has 2 aliphatic heterocycles. The van der Waals surface area contributed by atoms with E-state index in [2.05, 4.69) is 26.3 Å². The molecule has 1 spiro atoms. The first-order valence-corrected chi connectivity index (χ1v) is 17.6. The van der Waals surface area contributed by atoms with Gasteiger partial charge in [-0.05, 0) is 75.8 Å². The van der Waals surface area contributed by atoms with Gasteiger partial charge >= 0.3 is 12.2 Å². The van der Waals surface area contributed by atoms with Crippen LogP contribution < -0.4 is 15.4 Å². The van der Waals surface area contributed by atoms with Crippen LogP contribution in [0.2, 0.25) is 0 Å². The Bertz CT molecular complexity index is 2130. The fourth-order valence-corrected chi connectivity index (χ4v) is 8.98. The molecule has 2 saturated heterocycles. The molecule has 3 aliphatic rings. The number of fused-ring (bicyclic) bond motifs is 2. The molecule has 1 unspecified atom stereocenters. The van der Waals surface area contributed by atoms with E-state index in [1.54, 1.807) is 16.7 Å². The normalized spacial score (nSPS) is 21.5. The molecule has 3 atom stereocenters. The Kier molecular flexibility index (Phi) is 8.61. The van der Waals surface area contributed by atoms with E-state index in [0.717, 1.165) is 44.0 Å². The van der Waals surface area contributed by atoms with Crippen LogP contribution in [0.3, 0.4) is 0 Å². The van der Waals surface area contributed by atoms with Crippen LogP contribution >= 0.6 is 11.3 Å². The molecule has 1 saturated carbocycles. The first kappa shape index (κ1) is 34.9. The van der Waals surface area contributed by atoms with Gasteiger partial charge in [0.1, 0.15) is 23.8 Å². The van der Waals surface area contributed by atoms with Crippen LogP contribution in [0.5, 0.6) is 6.01 Å². The van der Waals surface area contributed by atoms with Gasteiger partial charge in [0.2, 0.25) is 11.6 Å². The van der Waals surface area contributed by atoms with Gasteiger partial charge in [0.25, 0.3) is 0 Å². The SMILES string of the molecule is [C-]#[N+]c1c(N)sc2c(F)ccc(-c3c(C(F)(F)F)cc4c(N(CC)C5CCN(C(=O)C=C)[C@@H]5C)nc(OC[C@@H]5CC6(CC6)CN5C)nc4c3F)c12. The average Bonchev–Trinajstić information content (AvgIpc) is 3.42. The first-order chi connectivity index (χ1) is 24.2. The van der Waals surface area contributed by atoms with Crippen LogP contribution in [-0.4, -0.2) is 77.1 Å². The Hall–Kier alpha value is -4.55. The number of carbonyl (C=O) groups is 1. The van der Waals surface area contributed by atoms with E-state index >= 15 is 17.6 Å². The number of halogens is 5. The average molecular weight is 726 g/mol. The number of rotatable bonds is 8. The second-order valence-electron chi connectivity index (χ2n) is 13.8. The summed E-state index contributed by atoms with van der Waals surface area (Å²) in [6, 6.07) is 1.86. The summed E-state index contributed by atoms with van der Waals surface area (Å²) >= 11 is 0.709. The monoisotopic (exact) mass is 725 g/mol. The first-order valence-electron chi connectivity index (χ1n) is 16.7. The van der Waals surface area contributed by atoms with E-state index in [1.807, 2.05) is 14.0 Å². The summed E-state index contributed by atoms with van der Waals surface area (Å²) in [7, 11) is 2.01. The topological polar surface area (TPSA) is 92.2 Å². The van der Waals surface area contributed by atoms with Gasteiger partial charge in [0.05, 0.1) is 27.9 Å². The summed E-state index contributed by atoms with van der Waals surface area (Å²) in [5, 5.41) is -0.510. The molecule has 0 radical (unpaired) electrons. The van der Waals surface area contributed by atoms with E-state index in [4.69, 9.17) is 17.0 Å². The number of alkyl halides is 3. The minimum atomic E-state index is -5.09. The number of amides is 1. The zero-order valence-corrected chi connectivity index (χ0v) is 29.1. The third-order valence-corrected chi connectivity index (χ3v) is 11.8. The minimum Gasteiger partial charge on any atom is -0.462 e. The molecule has 2 N–H and O–H groups in total. The Balaban J connectivity index is 1.45. The summed E-state index contributed by atoms with van der Waals surface area (Å²) in [6.07, 6.45) is -0.208. The number of aromatic nitrogens is 2. The molecule has 268 valence electrons. The molecular formula is C36H36F5N7O2S. The lowest BCUT2D eigenvalue weighted by Crippen LogP contribution is -2.45. The van der Waals surface area contributed by atoms with Crippen LogP contribution in [0.4, 0.5) is 38.5 Å². The predicted molar refractivity (Wildman–Crippen MR) is 187 cm³/mol. The summed E-state index contributed by atoms with van der Waals surface area (Å²) < 4.78 is 83.4. The molecule has 9 nitrogen and oxygen atoms in total. The van der Waals surface area contributed by atoms with Crippen LogP contribution in [-0.2, 0) is 11.0 Å². The summed E-state index contributed by atoms with van der Waals surface area (Å²) in [4.78, 5) is 30.6. The number of carbonyl (C=O) groups excluding carboxylic acids is 1. The standard InChI is InChI=1S/C36H36F5N7O2S/c1-6-25(49)48-13-10-24(18(48)3)47(7-2)33-21-14-22(36(39,40)41)26(20-8-9-23(37)31-27(20)30(43-4)32(42)51-31)28(38)29(21)44-34(45-33)50-16-19-15-35(11-12-35)17-46(19)5/h6,8-9,14,18-19,24H,1,7,10-13,15-17,42H2,2-3,5H3/t18-,19+,24?/m1/s1. The van der Waals surface area contributed by atoms with Gasteiger partial charge in [-0.3, -0.25) is 9.69 Å². The summed E-state index contributed by atoms with van der Waals surface area (Å²) in [6.45, 7) is 16.6. The Morgan fingerprint density at radius 3 is 2.67 bits per heavy atom. The van der Waals surface area contributed by atoms with Gasteiger partial charge in [-0.25, -0.2) is 13.6 Å². The molecule has 15 heteroatoms. The number of likely N-dealkylation sites (tertiary alicyclic amines) is 2. The summed E-state index contributed by atoms with van der Waals surface area (Å²) in [5.41, 5.74) is 3.01. The highest BCUT2D eigenvalue weighted by Crippen LogP contribution is 2.54. The zero-order valence-electron chi connectivity index (χ0n) is 28.3. The number of nitrogen functional groups attached to an aromatic ring is 1. The van der Waals surface area contributed by atoms with Crippen molar-refractivity contribution in [2.45, 2.75) is 63.8 Å². The molecule has 4 heterocycles. The second kappa shape index (κ2) is 12.6. The number of hydrogen-bond donors (Lipinski definition) is 1. The molecule has 1 aliphatic carbocycles. The van der Waals surface area contributed by atoms with E-state index in [0.29, 0.717) is 24.3 Å². The van der Waals surface area contributed by atoms with Crippen molar-refractivity contribution in [3.05, 3.63) is 59.5 Å². The smallest absolute Gasteiger partial charge is 0.417 e. The third-order valence-electron chi connectivity index (χ3n) is 10.8. The maximum Gasteiger partial charge on any atom is 0.417 e. The summed E-state index contributed by atoms with van der Waals surface area (Å²) in [5.74, 6) is -2.37. The fraction of sp³-hybridized carbons (Fsp3) is 0.444. The molecule has 4 aromatic rings. The van der Waals surface area contributed by atoms with Crippen LogP contribution in [0.25, 0.3) is 37.0 Å². The van der Waals surface area contributed by atoms with Gasteiger partial charge in [-0.2, -0.15) is 23.1 Å². The van der Waals surface area contributed by atoms with Crippen LogP contribution in [0.15, 0.2) is 30.9 Å². The number of benzene rings is 2. The number of anilines is 2. The fourth-order valence-electron chi connectivity index (χ4n) is 8.04. The quantitative estimate of drug-likeness (QED) is 0.113. The van der Waals surface area contributed by atoms with Crippen molar-refractivity contribution in [1.82, 2.24) is 19.8 Å². The van der Waals surface area contributed by atoms with Gasteiger partial charge < -0.3 is 20.3 Å². The largest absolute Gasteiger partial charge is 0.462 e. The lowest BCUT2D eigenvalue weighted by atomic mass is 9.93. The highest BCUT2D eigenvalue weighted by Gasteiger charge is 2.51. The number of nitrogens with zero attached hydrogens (tertiary/aromatic N) is 6. The third kappa shape index (κ3) is 5.82. The van der Waals surface area contributed by atoms with Crippen molar-refractivity contribution in [2.24, 2.45) is 5.41 Å². The van der Waals surface area contributed by atoms with E-state index < -0.39 is 34.5 Å².